The van der Waals surface area contributed by atoms with E-state index in [1.54, 1.807) is 0 Å². The first kappa shape index (κ1) is 11.3. The molecule has 0 amide bonds. The Balaban J connectivity index is 1.77. The minimum Gasteiger partial charge on any atom is -0.390 e. The maximum absolute atomic E-state index is 9.78. The van der Waals surface area contributed by atoms with E-state index in [2.05, 4.69) is 17.1 Å². The average molecular weight is 214 g/mol. The topological polar surface area (TPSA) is 44.7 Å². The second-order valence-electron chi connectivity index (χ2n) is 4.48. The lowest BCUT2D eigenvalue weighted by Crippen LogP contribution is -2.48. The van der Waals surface area contributed by atoms with Crippen molar-refractivity contribution in [1.82, 2.24) is 10.2 Å². The van der Waals surface area contributed by atoms with Crippen LogP contribution < -0.4 is 5.32 Å². The molecule has 0 aromatic carbocycles. The normalized spacial score (nSPS) is 34.8. The second kappa shape index (κ2) is 5.25. The molecule has 2 N–H and O–H groups in total. The van der Waals surface area contributed by atoms with Gasteiger partial charge in [-0.3, -0.25) is 4.90 Å². The lowest BCUT2D eigenvalue weighted by molar-refractivity contribution is -0.00905. The number of β-amino-alcohol motifs (C(OH)–C–C–N with tert-alkyl or cyclic N) is 1. The standard InChI is InChI=1S/C11H22N2O2/c1-2-15-9-3-5-13(6-4-9)10-7-12-8-11(10)14/h9-12,14H,2-8H2,1H3. The summed E-state index contributed by atoms with van der Waals surface area (Å²) in [6.45, 7) is 6.67. The van der Waals surface area contributed by atoms with Crippen LogP contribution in [0, 0.1) is 0 Å². The molecule has 2 saturated heterocycles. The summed E-state index contributed by atoms with van der Waals surface area (Å²) in [6, 6.07) is 0.326. The molecule has 2 atom stereocenters. The van der Waals surface area contributed by atoms with Crippen LogP contribution in [-0.4, -0.2) is 61.0 Å². The van der Waals surface area contributed by atoms with Crippen molar-refractivity contribution in [3.8, 4) is 0 Å². The molecule has 4 heteroatoms. The molecular formula is C11H22N2O2. The average Bonchev–Trinajstić information content (AvgIpc) is 2.66. The molecule has 0 spiro atoms. The number of hydrogen-bond acceptors (Lipinski definition) is 4. The van der Waals surface area contributed by atoms with Gasteiger partial charge >= 0.3 is 0 Å². The molecule has 2 aliphatic heterocycles. The van der Waals surface area contributed by atoms with Gasteiger partial charge in [-0.1, -0.05) is 0 Å². The van der Waals surface area contributed by atoms with Crippen LogP contribution in [0.1, 0.15) is 19.8 Å². The zero-order chi connectivity index (χ0) is 10.7. The Morgan fingerprint density at radius 1 is 1.33 bits per heavy atom. The van der Waals surface area contributed by atoms with Gasteiger partial charge in [-0.15, -0.1) is 0 Å². The molecule has 0 aliphatic carbocycles. The molecule has 2 fully saturated rings. The smallest absolute Gasteiger partial charge is 0.0831 e. The van der Waals surface area contributed by atoms with E-state index in [-0.39, 0.29) is 6.10 Å². The van der Waals surface area contributed by atoms with E-state index in [0.29, 0.717) is 12.1 Å². The summed E-state index contributed by atoms with van der Waals surface area (Å²) in [7, 11) is 0. The first-order chi connectivity index (χ1) is 7.31. The number of nitrogens with one attached hydrogen (secondary N) is 1. The fourth-order valence-corrected chi connectivity index (χ4v) is 2.63. The first-order valence-electron chi connectivity index (χ1n) is 6.05. The number of ether oxygens (including phenoxy) is 1. The minimum atomic E-state index is -0.186. The number of aliphatic hydroxyl groups is 1. The third kappa shape index (κ3) is 2.69. The van der Waals surface area contributed by atoms with E-state index in [4.69, 9.17) is 4.74 Å². The Bertz CT molecular complexity index is 193. The Kier molecular flexibility index (Phi) is 3.97. The van der Waals surface area contributed by atoms with Crippen molar-refractivity contribution in [2.24, 2.45) is 0 Å². The SMILES string of the molecule is CCOC1CCN(C2CNCC2O)CC1. The van der Waals surface area contributed by atoms with E-state index < -0.39 is 0 Å². The predicted octanol–water partition coefficient (Wildman–Crippen LogP) is -0.180. The van der Waals surface area contributed by atoms with Crippen LogP contribution in [0.15, 0.2) is 0 Å². The van der Waals surface area contributed by atoms with Gasteiger partial charge in [0.15, 0.2) is 0 Å². The van der Waals surface area contributed by atoms with Gasteiger partial charge in [-0.25, -0.2) is 0 Å². The molecule has 0 aromatic heterocycles. The highest BCUT2D eigenvalue weighted by molar-refractivity contribution is 4.90. The van der Waals surface area contributed by atoms with Gasteiger partial charge in [-0.05, 0) is 19.8 Å². The number of rotatable bonds is 3. The molecule has 0 aromatic rings. The van der Waals surface area contributed by atoms with Gasteiger partial charge < -0.3 is 15.2 Å². The van der Waals surface area contributed by atoms with Crippen LogP contribution in [0.3, 0.4) is 0 Å². The summed E-state index contributed by atoms with van der Waals surface area (Å²) in [6.07, 6.45) is 2.47. The van der Waals surface area contributed by atoms with Crippen molar-refractivity contribution in [2.45, 2.75) is 38.0 Å². The summed E-state index contributed by atoms with van der Waals surface area (Å²) in [5.41, 5.74) is 0. The lowest BCUT2D eigenvalue weighted by Gasteiger charge is -2.36. The summed E-state index contributed by atoms with van der Waals surface area (Å²) in [4.78, 5) is 2.40. The van der Waals surface area contributed by atoms with Gasteiger partial charge in [0.25, 0.3) is 0 Å². The molecule has 2 aliphatic rings. The number of piperidine rings is 1. The van der Waals surface area contributed by atoms with E-state index in [1.165, 1.54) is 0 Å². The molecule has 0 saturated carbocycles. The molecule has 2 rings (SSSR count). The number of aliphatic hydroxyl groups excluding tert-OH is 1. The second-order valence-corrected chi connectivity index (χ2v) is 4.48. The Hall–Kier alpha value is -0.160. The summed E-state index contributed by atoms with van der Waals surface area (Å²) in [5.74, 6) is 0. The monoisotopic (exact) mass is 214 g/mol. The fraction of sp³-hybridized carbons (Fsp3) is 1.00. The molecule has 2 unspecified atom stereocenters. The maximum atomic E-state index is 9.78. The molecule has 0 bridgehead atoms. The zero-order valence-electron chi connectivity index (χ0n) is 9.48. The molecule has 88 valence electrons. The molecule has 15 heavy (non-hydrogen) atoms. The highest BCUT2D eigenvalue weighted by Crippen LogP contribution is 2.18. The highest BCUT2D eigenvalue weighted by Gasteiger charge is 2.32. The molecular weight excluding hydrogens is 192 g/mol. The van der Waals surface area contributed by atoms with Crippen LogP contribution in [0.4, 0.5) is 0 Å². The van der Waals surface area contributed by atoms with Crippen molar-refractivity contribution in [3.05, 3.63) is 0 Å². The predicted molar refractivity (Wildman–Crippen MR) is 58.9 cm³/mol. The van der Waals surface area contributed by atoms with Crippen LogP contribution in [-0.2, 0) is 4.74 Å². The molecule has 0 radical (unpaired) electrons. The summed E-state index contributed by atoms with van der Waals surface area (Å²) >= 11 is 0. The van der Waals surface area contributed by atoms with Crippen molar-refractivity contribution < 1.29 is 9.84 Å². The van der Waals surface area contributed by atoms with Crippen molar-refractivity contribution >= 4 is 0 Å². The third-order valence-electron chi connectivity index (χ3n) is 3.50. The van der Waals surface area contributed by atoms with Gasteiger partial charge in [0, 0.05) is 38.8 Å². The lowest BCUT2D eigenvalue weighted by atomic mass is 10.0. The Morgan fingerprint density at radius 2 is 2.07 bits per heavy atom. The minimum absolute atomic E-state index is 0.186. The number of nitrogens with zero attached hydrogens (tertiary/aromatic N) is 1. The van der Waals surface area contributed by atoms with Crippen LogP contribution >= 0.6 is 0 Å². The van der Waals surface area contributed by atoms with Gasteiger partial charge in [-0.2, -0.15) is 0 Å². The maximum Gasteiger partial charge on any atom is 0.0831 e. The fourth-order valence-electron chi connectivity index (χ4n) is 2.63. The summed E-state index contributed by atoms with van der Waals surface area (Å²) < 4.78 is 5.62. The quantitative estimate of drug-likeness (QED) is 0.684. The van der Waals surface area contributed by atoms with E-state index in [1.807, 2.05) is 0 Å². The van der Waals surface area contributed by atoms with E-state index >= 15 is 0 Å². The number of hydrogen-bond donors (Lipinski definition) is 2. The third-order valence-corrected chi connectivity index (χ3v) is 3.50. The zero-order valence-corrected chi connectivity index (χ0v) is 9.48. The molecule has 2 heterocycles. The first-order valence-corrected chi connectivity index (χ1v) is 6.05. The van der Waals surface area contributed by atoms with Crippen LogP contribution in [0.2, 0.25) is 0 Å². The van der Waals surface area contributed by atoms with Crippen molar-refractivity contribution in [1.29, 1.82) is 0 Å². The van der Waals surface area contributed by atoms with Crippen molar-refractivity contribution in [3.63, 3.8) is 0 Å². The highest BCUT2D eigenvalue weighted by atomic mass is 16.5. The van der Waals surface area contributed by atoms with Gasteiger partial charge in [0.2, 0.25) is 0 Å². The largest absolute Gasteiger partial charge is 0.390 e. The van der Waals surface area contributed by atoms with E-state index in [0.717, 1.165) is 45.6 Å². The molecule has 4 nitrogen and oxygen atoms in total. The van der Waals surface area contributed by atoms with Gasteiger partial charge in [0.05, 0.1) is 12.2 Å². The number of likely N-dealkylation sites (tertiary alicyclic amines) is 1. The Labute approximate surface area is 91.6 Å². The van der Waals surface area contributed by atoms with E-state index in [9.17, 15) is 5.11 Å². The van der Waals surface area contributed by atoms with Gasteiger partial charge in [0.1, 0.15) is 0 Å². The van der Waals surface area contributed by atoms with Crippen LogP contribution in [0.5, 0.6) is 0 Å². The van der Waals surface area contributed by atoms with Crippen molar-refractivity contribution in [2.75, 3.05) is 32.8 Å². The van der Waals surface area contributed by atoms with Crippen LogP contribution in [0.25, 0.3) is 0 Å². The Morgan fingerprint density at radius 3 is 2.60 bits per heavy atom. The summed E-state index contributed by atoms with van der Waals surface area (Å²) in [5, 5.41) is 13.0.